The monoisotopic (exact) mass is 368 g/mol. The van der Waals surface area contributed by atoms with Gasteiger partial charge in [-0.15, -0.1) is 0 Å². The number of carbonyl (C=O) groups excluding carboxylic acids is 1. The van der Waals surface area contributed by atoms with Gasteiger partial charge in [0.05, 0.1) is 17.5 Å². The minimum Gasteiger partial charge on any atom is -0.350 e. The molecule has 0 saturated heterocycles. The normalized spacial score (nSPS) is 21.0. The molecule has 2 heterocycles. The summed E-state index contributed by atoms with van der Waals surface area (Å²) in [6, 6.07) is 0.0332. The molecule has 1 saturated carbocycles. The number of aromatic amines is 1. The highest BCUT2D eigenvalue weighted by Gasteiger charge is 2.34. The van der Waals surface area contributed by atoms with Crippen molar-refractivity contribution in [1.29, 1.82) is 5.41 Å². The fourth-order valence-electron chi connectivity index (χ4n) is 3.66. The highest BCUT2D eigenvalue weighted by Crippen LogP contribution is 2.37. The summed E-state index contributed by atoms with van der Waals surface area (Å²) in [5.74, 6) is -0.230. The Hall–Kier alpha value is -2.57. The van der Waals surface area contributed by atoms with Gasteiger partial charge in [-0.1, -0.05) is 13.8 Å². The molecule has 2 aromatic heterocycles. The van der Waals surface area contributed by atoms with Crippen LogP contribution >= 0.6 is 0 Å². The fraction of sp³-hybridized carbons (Fsp3) is 0.550. The van der Waals surface area contributed by atoms with Crippen molar-refractivity contribution in [3.63, 3.8) is 0 Å². The van der Waals surface area contributed by atoms with Gasteiger partial charge in [-0.3, -0.25) is 9.79 Å². The summed E-state index contributed by atoms with van der Waals surface area (Å²) in [5.41, 5.74) is 3.70. The quantitative estimate of drug-likeness (QED) is 0.720. The average Bonchev–Trinajstić information content (AvgIpc) is 3.03. The van der Waals surface area contributed by atoms with Gasteiger partial charge in [0.15, 0.2) is 5.65 Å². The number of H-pyrrole nitrogens is 1. The topological polar surface area (TPSA) is 107 Å². The number of nitrogens with one attached hydrogen (secondary N) is 3. The lowest BCUT2D eigenvalue weighted by atomic mass is 9.70. The Labute approximate surface area is 159 Å². The highest BCUT2D eigenvalue weighted by molar-refractivity contribution is 6.14. The molecule has 0 radical (unpaired) electrons. The first-order valence-electron chi connectivity index (χ1n) is 9.41. The third-order valence-electron chi connectivity index (χ3n) is 5.13. The molecular formula is C20H28N6O. The Bertz CT molecular complexity index is 908. The van der Waals surface area contributed by atoms with Gasteiger partial charge < -0.3 is 15.7 Å². The molecular weight excluding hydrogens is 340 g/mol. The molecule has 7 nitrogen and oxygen atoms in total. The minimum atomic E-state index is -0.190. The zero-order valence-corrected chi connectivity index (χ0v) is 16.7. The maximum atomic E-state index is 12.4. The smallest absolute Gasteiger partial charge is 0.255 e. The van der Waals surface area contributed by atoms with E-state index in [0.29, 0.717) is 28.1 Å². The van der Waals surface area contributed by atoms with E-state index in [2.05, 4.69) is 39.1 Å². The Balaban J connectivity index is 1.93. The number of fused-ring (bicyclic) bond motifs is 1. The number of hydrogen-bond acceptors (Lipinski definition) is 5. The number of nitrogens with zero attached hydrogens (tertiary/aromatic N) is 3. The Morgan fingerprint density at radius 2 is 2.19 bits per heavy atom. The summed E-state index contributed by atoms with van der Waals surface area (Å²) in [6.07, 6.45) is 6.04. The average molecular weight is 368 g/mol. The van der Waals surface area contributed by atoms with Gasteiger partial charge in [0.2, 0.25) is 0 Å². The first-order valence-corrected chi connectivity index (χ1v) is 9.41. The molecule has 1 amide bonds. The van der Waals surface area contributed by atoms with E-state index in [1.54, 1.807) is 19.4 Å². The Morgan fingerprint density at radius 1 is 1.44 bits per heavy atom. The van der Waals surface area contributed by atoms with Crippen molar-refractivity contribution in [1.82, 2.24) is 20.3 Å². The van der Waals surface area contributed by atoms with Crippen LogP contribution in [-0.2, 0) is 0 Å². The first-order chi connectivity index (χ1) is 12.7. The van der Waals surface area contributed by atoms with Gasteiger partial charge in [0, 0.05) is 30.9 Å². The number of hydrogen-bond donors (Lipinski definition) is 3. The third kappa shape index (κ3) is 3.91. The number of aromatic nitrogens is 3. The van der Waals surface area contributed by atoms with Crippen molar-refractivity contribution < 1.29 is 4.79 Å². The first kappa shape index (κ1) is 19.2. The molecule has 144 valence electrons. The minimum absolute atomic E-state index is 0.0332. The van der Waals surface area contributed by atoms with Gasteiger partial charge >= 0.3 is 0 Å². The molecule has 7 heteroatoms. The largest absolute Gasteiger partial charge is 0.350 e. The van der Waals surface area contributed by atoms with Crippen LogP contribution in [0.4, 0.5) is 0 Å². The van der Waals surface area contributed by atoms with Crippen molar-refractivity contribution in [3.8, 4) is 0 Å². The van der Waals surface area contributed by atoms with Crippen LogP contribution in [-0.4, -0.2) is 45.4 Å². The van der Waals surface area contributed by atoms with E-state index >= 15 is 0 Å². The van der Waals surface area contributed by atoms with Crippen molar-refractivity contribution >= 4 is 28.5 Å². The highest BCUT2D eigenvalue weighted by atomic mass is 16.1. The van der Waals surface area contributed by atoms with E-state index in [-0.39, 0.29) is 23.3 Å². The van der Waals surface area contributed by atoms with Crippen LogP contribution in [0.2, 0.25) is 0 Å². The second kappa shape index (κ2) is 7.21. The van der Waals surface area contributed by atoms with E-state index in [9.17, 15) is 4.79 Å². The summed E-state index contributed by atoms with van der Waals surface area (Å²) in [6.45, 7) is 8.30. The lowest BCUT2D eigenvalue weighted by Crippen LogP contribution is -2.35. The second-order valence-electron chi connectivity index (χ2n) is 8.34. The molecule has 1 unspecified atom stereocenters. The fourth-order valence-corrected chi connectivity index (χ4v) is 3.66. The molecule has 3 rings (SSSR count). The van der Waals surface area contributed by atoms with E-state index < -0.39 is 0 Å². The van der Waals surface area contributed by atoms with Crippen molar-refractivity contribution in [2.75, 3.05) is 7.05 Å². The van der Waals surface area contributed by atoms with Gasteiger partial charge in [0.25, 0.3) is 5.91 Å². The lowest BCUT2D eigenvalue weighted by molar-refractivity contribution is 0.0944. The Kier molecular flexibility index (Phi) is 5.13. The number of rotatable bonds is 4. The van der Waals surface area contributed by atoms with E-state index in [0.717, 1.165) is 25.0 Å². The molecule has 1 aliphatic carbocycles. The molecule has 0 aliphatic heterocycles. The molecule has 0 bridgehead atoms. The second-order valence-corrected chi connectivity index (χ2v) is 8.34. The number of aliphatic imine (C=N–C) groups is 1. The molecule has 0 aromatic carbocycles. The summed E-state index contributed by atoms with van der Waals surface area (Å²) in [7, 11) is 1.80. The lowest BCUT2D eigenvalue weighted by Gasteiger charge is -2.35. The summed E-state index contributed by atoms with van der Waals surface area (Å²) < 4.78 is 0. The third-order valence-corrected chi connectivity index (χ3v) is 5.13. The predicted octanol–water partition coefficient (Wildman–Crippen LogP) is 3.36. The zero-order chi connectivity index (χ0) is 19.8. The van der Waals surface area contributed by atoms with Gasteiger partial charge in [-0.25, -0.2) is 9.97 Å². The maximum Gasteiger partial charge on any atom is 0.255 e. The van der Waals surface area contributed by atoms with Crippen LogP contribution in [0, 0.1) is 16.7 Å². The molecule has 1 atom stereocenters. The molecule has 2 aromatic rings. The number of carbonyl (C=O) groups is 1. The summed E-state index contributed by atoms with van der Waals surface area (Å²) in [5, 5.41) is 11.6. The molecule has 0 spiro atoms. The molecule has 1 fully saturated rings. The SMILES string of the molecule is CN=C1CC(C)(C)CCC1C(=N)c1cnc2[nH]cc(C(=O)NC(C)C)c2n1. The van der Waals surface area contributed by atoms with Crippen LogP contribution in [0.3, 0.4) is 0 Å². The predicted molar refractivity (Wildman–Crippen MR) is 108 cm³/mol. The van der Waals surface area contributed by atoms with Crippen LogP contribution < -0.4 is 5.32 Å². The summed E-state index contributed by atoms with van der Waals surface area (Å²) >= 11 is 0. The molecule has 1 aliphatic rings. The van der Waals surface area contributed by atoms with Crippen LogP contribution in [0.5, 0.6) is 0 Å². The van der Waals surface area contributed by atoms with Gasteiger partial charge in [0.1, 0.15) is 11.2 Å². The summed E-state index contributed by atoms with van der Waals surface area (Å²) in [4.78, 5) is 28.9. The van der Waals surface area contributed by atoms with E-state index in [4.69, 9.17) is 5.41 Å². The standard InChI is InChI=1S/C20H28N6O/c1-11(2)25-19(27)13-9-23-18-17(13)26-15(10-24-18)16(21)12-6-7-20(3,4)8-14(12)22-5/h9-12,21H,6-8H2,1-5H3,(H,23,24)(H,25,27). The maximum absolute atomic E-state index is 12.4. The van der Waals surface area contributed by atoms with Gasteiger partial charge in [-0.2, -0.15) is 0 Å². The van der Waals surface area contributed by atoms with Crippen LogP contribution in [0.25, 0.3) is 11.2 Å². The van der Waals surface area contributed by atoms with Crippen molar-refractivity contribution in [3.05, 3.63) is 23.7 Å². The van der Waals surface area contributed by atoms with Gasteiger partial charge in [-0.05, 0) is 38.5 Å². The zero-order valence-electron chi connectivity index (χ0n) is 16.7. The van der Waals surface area contributed by atoms with E-state index in [1.165, 1.54) is 0 Å². The Morgan fingerprint density at radius 3 is 2.85 bits per heavy atom. The van der Waals surface area contributed by atoms with Crippen molar-refractivity contribution in [2.45, 2.75) is 53.0 Å². The van der Waals surface area contributed by atoms with E-state index in [1.807, 2.05) is 13.8 Å². The number of amides is 1. The molecule has 3 N–H and O–H groups in total. The van der Waals surface area contributed by atoms with Crippen LogP contribution in [0.15, 0.2) is 17.4 Å². The molecule has 27 heavy (non-hydrogen) atoms. The van der Waals surface area contributed by atoms with Crippen molar-refractivity contribution in [2.24, 2.45) is 16.3 Å². The van der Waals surface area contributed by atoms with Crippen LogP contribution in [0.1, 0.15) is 63.0 Å².